The zero-order valence-corrected chi connectivity index (χ0v) is 4.29. The molecule has 0 aromatic carbocycles. The number of Topliss-reactive ketones (excluding diaryl/α,β-unsaturated/α-hetero) is 1. The normalized spacial score (nSPS) is 26.2. The lowest BCUT2D eigenvalue weighted by atomic mass is 10.1. The summed E-state index contributed by atoms with van der Waals surface area (Å²) in [6.07, 6.45) is 0. The summed E-state index contributed by atoms with van der Waals surface area (Å²) < 4.78 is 33.1. The molecule has 2 N–H and O–H groups in total. The van der Waals surface area contributed by atoms with Crippen molar-refractivity contribution in [1.29, 1.82) is 0 Å². The molecule has 0 aliphatic rings. The number of carbonyl (C=O) groups is 2. The molecule has 9 heavy (non-hydrogen) atoms. The molecule has 0 bridgehead atoms. The maximum atomic E-state index is 10.9. The van der Waals surface area contributed by atoms with Gasteiger partial charge in [-0.15, -0.1) is 0 Å². The van der Waals surface area contributed by atoms with Crippen LogP contribution in [0.5, 0.6) is 0 Å². The summed E-state index contributed by atoms with van der Waals surface area (Å²) in [6.45, 7) is -5.87. The molecule has 1 unspecified atom stereocenters. The summed E-state index contributed by atoms with van der Waals surface area (Å²) in [7, 11) is 0. The minimum absolute atomic E-state index is 1.88. The highest BCUT2D eigenvalue weighted by Crippen LogP contribution is 2.03. The van der Waals surface area contributed by atoms with Crippen molar-refractivity contribution in [1.82, 2.24) is 0 Å². The van der Waals surface area contributed by atoms with Crippen molar-refractivity contribution in [2.45, 2.75) is 19.3 Å². The Labute approximate surface area is 59.1 Å². The fraction of sp³-hybridized carbons (Fsp3) is 0.600. The van der Waals surface area contributed by atoms with E-state index in [-0.39, 0.29) is 0 Å². The van der Waals surface area contributed by atoms with Gasteiger partial charge in [0, 0.05) is 6.85 Å². The summed E-state index contributed by atoms with van der Waals surface area (Å²) in [5.74, 6) is -4.17. The quantitative estimate of drug-likeness (QED) is 0.395. The molecule has 1 atom stereocenters. The first-order valence-corrected chi connectivity index (χ1v) is 1.89. The Morgan fingerprint density at radius 3 is 2.33 bits per heavy atom. The third-order valence-electron chi connectivity index (χ3n) is 0.666. The summed E-state index contributed by atoms with van der Waals surface area (Å²) in [4.78, 5) is 21.3. The van der Waals surface area contributed by atoms with E-state index in [9.17, 15) is 9.59 Å². The molecular formula is C5H8O4. The molecule has 0 fully saturated rings. The van der Waals surface area contributed by atoms with Gasteiger partial charge in [0.25, 0.3) is 0 Å². The summed E-state index contributed by atoms with van der Waals surface area (Å²) >= 11 is 0. The van der Waals surface area contributed by atoms with Gasteiger partial charge in [-0.25, -0.2) is 4.79 Å². The number of carboxylic acid groups (broad SMARTS) is 1. The Morgan fingerprint density at radius 2 is 2.22 bits per heavy atom. The minimum atomic E-state index is -3.68. The highest BCUT2D eigenvalue weighted by Gasteiger charge is 2.35. The van der Waals surface area contributed by atoms with Crippen LogP contribution in [0.4, 0.5) is 0 Å². The first-order chi connectivity index (χ1) is 6.05. The van der Waals surface area contributed by atoms with E-state index in [1.165, 1.54) is 0 Å². The lowest BCUT2D eigenvalue weighted by Crippen LogP contribution is -2.41. The highest BCUT2D eigenvalue weighted by atomic mass is 16.4. The maximum absolute atomic E-state index is 10.9. The molecule has 0 radical (unpaired) electrons. The lowest BCUT2D eigenvalue weighted by molar-refractivity contribution is -0.162. The first kappa shape index (κ1) is 2.79. The van der Waals surface area contributed by atoms with Crippen LogP contribution in [0.25, 0.3) is 0 Å². The fourth-order valence-electron chi connectivity index (χ4n) is 0.105. The van der Waals surface area contributed by atoms with E-state index in [1.54, 1.807) is 0 Å². The van der Waals surface area contributed by atoms with Crippen LogP contribution in [-0.2, 0) is 9.59 Å². The molecule has 52 valence electrons. The van der Waals surface area contributed by atoms with Crippen molar-refractivity contribution in [2.75, 3.05) is 0 Å². The second kappa shape index (κ2) is 2.14. The van der Waals surface area contributed by atoms with Crippen molar-refractivity contribution in [2.24, 2.45) is 0 Å². The van der Waals surface area contributed by atoms with Crippen LogP contribution >= 0.6 is 0 Å². The summed E-state index contributed by atoms with van der Waals surface area (Å²) in [5.41, 5.74) is -3.68. The Morgan fingerprint density at radius 1 is 1.67 bits per heavy atom. The average molecular weight is 138 g/mol. The van der Waals surface area contributed by atoms with Gasteiger partial charge >= 0.3 is 5.97 Å². The Kier molecular flexibility index (Phi) is 0.664. The summed E-state index contributed by atoms with van der Waals surface area (Å²) in [5, 5.41) is 17.5. The molecule has 0 aromatic heterocycles. The lowest BCUT2D eigenvalue weighted by Gasteiger charge is -2.11. The fourth-order valence-corrected chi connectivity index (χ4v) is 0.105. The van der Waals surface area contributed by atoms with Gasteiger partial charge in [-0.05, 0) is 13.7 Å². The minimum Gasteiger partial charge on any atom is -0.479 e. The van der Waals surface area contributed by atoms with Crippen LogP contribution in [0.15, 0.2) is 0 Å². The van der Waals surface area contributed by atoms with E-state index < -0.39 is 31.1 Å². The second-order valence-electron chi connectivity index (χ2n) is 1.38. The topological polar surface area (TPSA) is 74.6 Å². The molecule has 0 saturated carbocycles. The molecule has 4 nitrogen and oxygen atoms in total. The maximum Gasteiger partial charge on any atom is 0.343 e. The second-order valence-corrected chi connectivity index (χ2v) is 1.38. The zero-order valence-electron chi connectivity index (χ0n) is 9.29. The van der Waals surface area contributed by atoms with Gasteiger partial charge in [0.05, 0.1) is 0 Å². The largest absolute Gasteiger partial charge is 0.479 e. The van der Waals surface area contributed by atoms with Gasteiger partial charge in [-0.2, -0.15) is 0 Å². The third kappa shape index (κ3) is 1.50. The van der Waals surface area contributed by atoms with Crippen LogP contribution < -0.4 is 0 Å². The molecule has 0 aliphatic heterocycles. The van der Waals surface area contributed by atoms with Crippen LogP contribution in [-0.4, -0.2) is 27.6 Å². The van der Waals surface area contributed by atoms with E-state index in [1.807, 2.05) is 0 Å². The summed E-state index contributed by atoms with van der Waals surface area (Å²) in [6, 6.07) is 0. The van der Waals surface area contributed by atoms with Gasteiger partial charge in [-0.1, -0.05) is 0 Å². The van der Waals surface area contributed by atoms with Gasteiger partial charge in [0.15, 0.2) is 5.78 Å². The molecule has 0 aliphatic carbocycles. The van der Waals surface area contributed by atoms with Crippen molar-refractivity contribution in [3.63, 3.8) is 0 Å². The number of aliphatic hydroxyl groups is 1. The van der Waals surface area contributed by atoms with Crippen molar-refractivity contribution < 1.29 is 26.7 Å². The number of carboxylic acids is 1. The molecule has 0 amide bonds. The number of ketones is 1. The van der Waals surface area contributed by atoms with Gasteiger partial charge in [0.2, 0.25) is 5.60 Å². The number of aliphatic carboxylic acids is 1. The monoisotopic (exact) mass is 138 g/mol. The van der Waals surface area contributed by atoms with Crippen LogP contribution in [0, 0.1) is 0 Å². The number of rotatable bonds is 2. The van der Waals surface area contributed by atoms with E-state index in [2.05, 4.69) is 0 Å². The molecule has 0 heterocycles. The molecule has 0 aromatic rings. The van der Waals surface area contributed by atoms with E-state index in [0.717, 1.165) is 0 Å². The number of carbonyl (C=O) groups excluding carboxylic acids is 1. The first-order valence-electron chi connectivity index (χ1n) is 4.55. The van der Waals surface area contributed by atoms with Crippen LogP contribution in [0.2, 0.25) is 0 Å². The third-order valence-corrected chi connectivity index (χ3v) is 0.666. The van der Waals surface area contributed by atoms with Crippen molar-refractivity contribution >= 4 is 11.8 Å². The zero-order chi connectivity index (χ0) is 11.7. The molecule has 4 heteroatoms. The van der Waals surface area contributed by atoms with Crippen molar-refractivity contribution in [3.8, 4) is 0 Å². The molecular weight excluding hydrogens is 125 g/mol. The molecule has 0 spiro atoms. The smallest absolute Gasteiger partial charge is 0.343 e. The average Bonchev–Trinajstić information content (AvgIpc) is 1.98. The van der Waals surface area contributed by atoms with Gasteiger partial charge < -0.3 is 10.2 Å². The van der Waals surface area contributed by atoms with Gasteiger partial charge in [-0.3, -0.25) is 4.79 Å². The number of hydrogen-bond acceptors (Lipinski definition) is 3. The van der Waals surface area contributed by atoms with E-state index >= 15 is 0 Å². The van der Waals surface area contributed by atoms with Gasteiger partial charge in [0.1, 0.15) is 0 Å². The van der Waals surface area contributed by atoms with Crippen molar-refractivity contribution in [3.05, 3.63) is 0 Å². The van der Waals surface area contributed by atoms with E-state index in [0.29, 0.717) is 0 Å². The van der Waals surface area contributed by atoms with Crippen LogP contribution in [0.3, 0.4) is 0 Å². The molecule has 0 saturated heterocycles. The Hall–Kier alpha value is -0.900. The Bertz CT molecular complexity index is 259. The standard InChI is InChI=1S/C5H8O4/c1-3(6)5(2,9)4(7)8/h9H,1-2H3,(H,7,8)/i1+1D2,2D3. The predicted molar refractivity (Wildman–Crippen MR) is 28.9 cm³/mol. The highest BCUT2D eigenvalue weighted by molar-refractivity contribution is 6.04. The van der Waals surface area contributed by atoms with E-state index in [4.69, 9.17) is 17.1 Å². The SMILES string of the molecule is [2H][13CH]([2H])C(=O)C(O)(C(=O)O)C([2H])([2H])[2H]. The Balaban J connectivity index is 5.34. The predicted octanol–water partition coefficient (Wildman–Crippen LogP) is -0.589. The van der Waals surface area contributed by atoms with Crippen LogP contribution in [0.1, 0.15) is 20.6 Å². The molecule has 0 rings (SSSR count). The number of hydrogen-bond donors (Lipinski definition) is 2.